The van der Waals surface area contributed by atoms with Crippen LogP contribution in [-0.4, -0.2) is 26.9 Å². The molecule has 68 valence electrons. The van der Waals surface area contributed by atoms with Crippen LogP contribution in [0, 0.1) is 0 Å². The molecular formula is C6H13ClO3S. The van der Waals surface area contributed by atoms with Gasteiger partial charge in [-0.1, -0.05) is 6.92 Å². The highest BCUT2D eigenvalue weighted by atomic mass is 35.7. The number of rotatable bonds is 4. The maximum Gasteiger partial charge on any atom is 0.235 e. The predicted molar refractivity (Wildman–Crippen MR) is 45.3 cm³/mol. The van der Waals surface area contributed by atoms with Gasteiger partial charge in [0.15, 0.2) is 0 Å². The first-order chi connectivity index (χ1) is 4.83. The summed E-state index contributed by atoms with van der Waals surface area (Å²) in [5, 5.41) is 0. The van der Waals surface area contributed by atoms with E-state index >= 15 is 0 Å². The molecule has 0 aromatic rings. The SMILES string of the molecule is CCC(C)(CS(=O)(=O)Cl)OC. The lowest BCUT2D eigenvalue weighted by Crippen LogP contribution is -2.33. The molecule has 0 N–H and O–H groups in total. The van der Waals surface area contributed by atoms with Crippen molar-refractivity contribution >= 4 is 19.7 Å². The number of ether oxygens (including phenoxy) is 1. The fourth-order valence-corrected chi connectivity index (χ4v) is 2.41. The zero-order chi connectivity index (χ0) is 9.12. The Morgan fingerprint density at radius 2 is 2.00 bits per heavy atom. The third kappa shape index (κ3) is 4.61. The molecule has 0 aliphatic rings. The summed E-state index contributed by atoms with van der Waals surface area (Å²) in [5.74, 6) is -0.144. The van der Waals surface area contributed by atoms with Gasteiger partial charge in [0, 0.05) is 17.8 Å². The van der Waals surface area contributed by atoms with Gasteiger partial charge < -0.3 is 4.74 Å². The summed E-state index contributed by atoms with van der Waals surface area (Å²) in [6.45, 7) is 3.57. The van der Waals surface area contributed by atoms with Crippen LogP contribution >= 0.6 is 10.7 Å². The summed E-state index contributed by atoms with van der Waals surface area (Å²) >= 11 is 0. The van der Waals surface area contributed by atoms with Crippen molar-refractivity contribution in [3.05, 3.63) is 0 Å². The molecule has 0 bridgehead atoms. The normalized spacial score (nSPS) is 17.8. The minimum absolute atomic E-state index is 0.144. The van der Waals surface area contributed by atoms with E-state index in [0.29, 0.717) is 6.42 Å². The average Bonchev–Trinajstić information content (AvgIpc) is 1.84. The van der Waals surface area contributed by atoms with Crippen molar-refractivity contribution in [1.29, 1.82) is 0 Å². The lowest BCUT2D eigenvalue weighted by Gasteiger charge is -2.24. The first-order valence-electron chi connectivity index (χ1n) is 3.30. The highest BCUT2D eigenvalue weighted by Crippen LogP contribution is 2.18. The minimum atomic E-state index is -3.46. The third-order valence-electron chi connectivity index (χ3n) is 1.72. The van der Waals surface area contributed by atoms with E-state index in [4.69, 9.17) is 15.4 Å². The van der Waals surface area contributed by atoms with E-state index in [0.717, 1.165) is 0 Å². The Morgan fingerprint density at radius 3 is 2.09 bits per heavy atom. The van der Waals surface area contributed by atoms with Crippen LogP contribution in [-0.2, 0) is 13.8 Å². The van der Waals surface area contributed by atoms with E-state index in [-0.39, 0.29) is 5.75 Å². The molecule has 0 saturated heterocycles. The fourth-order valence-electron chi connectivity index (χ4n) is 0.670. The number of hydrogen-bond acceptors (Lipinski definition) is 3. The standard InChI is InChI=1S/C6H13ClO3S/c1-4-6(2,10-3)5-11(7,8)9/h4-5H2,1-3H3. The number of hydrogen-bond donors (Lipinski definition) is 0. The molecule has 0 amide bonds. The Labute approximate surface area is 72.1 Å². The van der Waals surface area contributed by atoms with E-state index in [1.54, 1.807) is 6.92 Å². The second-order valence-electron chi connectivity index (χ2n) is 2.69. The van der Waals surface area contributed by atoms with Crippen LogP contribution in [0.4, 0.5) is 0 Å². The Bertz CT molecular complexity index is 206. The molecule has 1 unspecified atom stereocenters. The second kappa shape index (κ2) is 3.74. The molecule has 5 heteroatoms. The first kappa shape index (κ1) is 11.2. The average molecular weight is 201 g/mol. The van der Waals surface area contributed by atoms with Gasteiger partial charge in [0.25, 0.3) is 0 Å². The largest absolute Gasteiger partial charge is 0.377 e. The van der Waals surface area contributed by atoms with Gasteiger partial charge in [-0.3, -0.25) is 0 Å². The van der Waals surface area contributed by atoms with Gasteiger partial charge >= 0.3 is 0 Å². The van der Waals surface area contributed by atoms with Crippen LogP contribution in [0.25, 0.3) is 0 Å². The maximum atomic E-state index is 10.7. The van der Waals surface area contributed by atoms with E-state index in [9.17, 15) is 8.42 Å². The van der Waals surface area contributed by atoms with E-state index in [1.807, 2.05) is 6.92 Å². The Balaban J connectivity index is 4.32. The number of halogens is 1. The lowest BCUT2D eigenvalue weighted by molar-refractivity contribution is 0.0229. The van der Waals surface area contributed by atoms with Crippen LogP contribution < -0.4 is 0 Å². The molecule has 0 aliphatic heterocycles. The van der Waals surface area contributed by atoms with E-state index < -0.39 is 14.7 Å². The van der Waals surface area contributed by atoms with E-state index in [2.05, 4.69) is 0 Å². The Morgan fingerprint density at radius 1 is 1.55 bits per heavy atom. The van der Waals surface area contributed by atoms with Crippen molar-refractivity contribution < 1.29 is 13.2 Å². The van der Waals surface area contributed by atoms with Gasteiger partial charge in [-0.25, -0.2) is 8.42 Å². The predicted octanol–water partition coefficient (Wildman–Crippen LogP) is 1.37. The smallest absolute Gasteiger partial charge is 0.235 e. The summed E-state index contributed by atoms with van der Waals surface area (Å²) in [6, 6.07) is 0. The summed E-state index contributed by atoms with van der Waals surface area (Å²) in [4.78, 5) is 0. The van der Waals surface area contributed by atoms with Gasteiger partial charge in [0.2, 0.25) is 9.05 Å². The van der Waals surface area contributed by atoms with Gasteiger partial charge in [-0.2, -0.15) is 0 Å². The zero-order valence-corrected chi connectivity index (χ0v) is 8.50. The van der Waals surface area contributed by atoms with Crippen molar-refractivity contribution in [1.82, 2.24) is 0 Å². The molecule has 3 nitrogen and oxygen atoms in total. The monoisotopic (exact) mass is 200 g/mol. The first-order valence-corrected chi connectivity index (χ1v) is 5.78. The molecule has 0 saturated carbocycles. The van der Waals surface area contributed by atoms with Crippen molar-refractivity contribution in [3.63, 3.8) is 0 Å². The summed E-state index contributed by atoms with van der Waals surface area (Å²) in [5.41, 5.74) is -0.652. The Hall–Kier alpha value is 0.200. The third-order valence-corrected chi connectivity index (χ3v) is 3.00. The molecule has 0 rings (SSSR count). The van der Waals surface area contributed by atoms with Crippen LogP contribution in [0.3, 0.4) is 0 Å². The minimum Gasteiger partial charge on any atom is -0.377 e. The van der Waals surface area contributed by atoms with Crippen LogP contribution in [0.15, 0.2) is 0 Å². The molecule has 0 radical (unpaired) electrons. The van der Waals surface area contributed by atoms with Crippen LogP contribution in [0.1, 0.15) is 20.3 Å². The molecule has 0 aromatic heterocycles. The molecular weight excluding hydrogens is 188 g/mol. The Kier molecular flexibility index (Phi) is 3.80. The fraction of sp³-hybridized carbons (Fsp3) is 1.00. The van der Waals surface area contributed by atoms with Crippen molar-refractivity contribution in [2.24, 2.45) is 0 Å². The van der Waals surface area contributed by atoms with Crippen LogP contribution in [0.5, 0.6) is 0 Å². The molecule has 11 heavy (non-hydrogen) atoms. The highest BCUT2D eigenvalue weighted by molar-refractivity contribution is 8.13. The lowest BCUT2D eigenvalue weighted by atomic mass is 10.1. The van der Waals surface area contributed by atoms with Gasteiger partial charge in [-0.15, -0.1) is 0 Å². The second-order valence-corrected chi connectivity index (χ2v) is 5.47. The quantitative estimate of drug-likeness (QED) is 0.644. The summed E-state index contributed by atoms with van der Waals surface area (Å²) in [6.07, 6.45) is 0.620. The van der Waals surface area contributed by atoms with Gasteiger partial charge in [-0.05, 0) is 13.3 Å². The highest BCUT2D eigenvalue weighted by Gasteiger charge is 2.27. The zero-order valence-electron chi connectivity index (χ0n) is 6.93. The van der Waals surface area contributed by atoms with Gasteiger partial charge in [0.1, 0.15) is 0 Å². The topological polar surface area (TPSA) is 43.4 Å². The van der Waals surface area contributed by atoms with Crippen molar-refractivity contribution in [3.8, 4) is 0 Å². The molecule has 0 aliphatic carbocycles. The van der Waals surface area contributed by atoms with Crippen molar-refractivity contribution in [2.45, 2.75) is 25.9 Å². The molecule has 0 spiro atoms. The maximum absolute atomic E-state index is 10.7. The molecule has 0 aromatic carbocycles. The van der Waals surface area contributed by atoms with Crippen molar-refractivity contribution in [2.75, 3.05) is 12.9 Å². The molecule has 1 atom stereocenters. The number of methoxy groups -OCH3 is 1. The van der Waals surface area contributed by atoms with Gasteiger partial charge in [0.05, 0.1) is 11.4 Å². The van der Waals surface area contributed by atoms with E-state index in [1.165, 1.54) is 7.11 Å². The summed E-state index contributed by atoms with van der Waals surface area (Å²) < 4.78 is 26.3. The van der Waals surface area contributed by atoms with Crippen LogP contribution in [0.2, 0.25) is 0 Å². The molecule has 0 fully saturated rings. The molecule has 0 heterocycles. The summed E-state index contributed by atoms with van der Waals surface area (Å²) in [7, 11) is 3.09.